The molecule has 3 rings (SSSR count). The number of hydrogen-bond acceptors (Lipinski definition) is 5. The summed E-state index contributed by atoms with van der Waals surface area (Å²) in [5.41, 5.74) is 3.97. The Morgan fingerprint density at radius 2 is 1.83 bits per heavy atom. The molecule has 30 heavy (non-hydrogen) atoms. The molecular formula is C22H27N3O3S2. The number of sulfonamides is 1. The van der Waals surface area contributed by atoms with E-state index in [2.05, 4.69) is 34.1 Å². The second kappa shape index (κ2) is 9.68. The van der Waals surface area contributed by atoms with Crippen molar-refractivity contribution >= 4 is 43.2 Å². The molecule has 1 amide bonds. The summed E-state index contributed by atoms with van der Waals surface area (Å²) in [5, 5.41) is 3.39. The van der Waals surface area contributed by atoms with Crippen molar-refractivity contribution in [3.8, 4) is 10.6 Å². The van der Waals surface area contributed by atoms with Gasteiger partial charge in [0.05, 0.1) is 15.5 Å². The zero-order chi connectivity index (χ0) is 21.7. The lowest BCUT2D eigenvalue weighted by Gasteiger charge is -2.09. The van der Waals surface area contributed by atoms with Crippen molar-refractivity contribution in [3.05, 3.63) is 48.0 Å². The Balaban J connectivity index is 1.48. The van der Waals surface area contributed by atoms with Gasteiger partial charge in [-0.2, -0.15) is 0 Å². The third-order valence-electron chi connectivity index (χ3n) is 4.71. The van der Waals surface area contributed by atoms with E-state index >= 15 is 0 Å². The summed E-state index contributed by atoms with van der Waals surface area (Å²) in [6, 6.07) is 13.9. The maximum absolute atomic E-state index is 12.1. The van der Waals surface area contributed by atoms with E-state index in [1.165, 1.54) is 5.56 Å². The standard InChI is InChI=1S/C22H27N3O3S2/c1-15(2)30(27,28)23-13-5-4-6-21(26)24-18-10-8-17(9-11-18)22-25-19-12-7-16(3)14-20(19)29-22/h7-12,14-15,23H,4-6,13H2,1-3H3,(H,24,26). The lowest BCUT2D eigenvalue weighted by atomic mass is 10.2. The van der Waals surface area contributed by atoms with E-state index in [0.29, 0.717) is 25.8 Å². The Labute approximate surface area is 181 Å². The molecule has 160 valence electrons. The molecule has 6 nitrogen and oxygen atoms in total. The molecule has 0 bridgehead atoms. The highest BCUT2D eigenvalue weighted by atomic mass is 32.2. The maximum Gasteiger partial charge on any atom is 0.224 e. The molecule has 0 spiro atoms. The Morgan fingerprint density at radius 1 is 1.10 bits per heavy atom. The second-order valence-corrected chi connectivity index (χ2v) is 10.9. The average Bonchev–Trinajstić information content (AvgIpc) is 3.11. The first kappa shape index (κ1) is 22.4. The van der Waals surface area contributed by atoms with E-state index in [0.717, 1.165) is 26.5 Å². The number of nitrogens with one attached hydrogen (secondary N) is 2. The number of aromatic nitrogens is 1. The number of hydrogen-bond donors (Lipinski definition) is 2. The van der Waals surface area contributed by atoms with Crippen LogP contribution < -0.4 is 10.0 Å². The van der Waals surface area contributed by atoms with Gasteiger partial charge in [0.25, 0.3) is 0 Å². The number of unbranched alkanes of at least 4 members (excludes halogenated alkanes) is 1. The largest absolute Gasteiger partial charge is 0.326 e. The van der Waals surface area contributed by atoms with Crippen molar-refractivity contribution in [2.24, 2.45) is 0 Å². The number of carbonyl (C=O) groups is 1. The van der Waals surface area contributed by atoms with E-state index in [1.807, 2.05) is 30.3 Å². The molecule has 2 aromatic carbocycles. The highest BCUT2D eigenvalue weighted by Gasteiger charge is 2.14. The number of thiazole rings is 1. The monoisotopic (exact) mass is 445 g/mol. The van der Waals surface area contributed by atoms with Crippen LogP contribution in [0.15, 0.2) is 42.5 Å². The van der Waals surface area contributed by atoms with Crippen molar-refractivity contribution in [2.75, 3.05) is 11.9 Å². The summed E-state index contributed by atoms with van der Waals surface area (Å²) in [6.45, 7) is 5.70. The minimum atomic E-state index is -3.24. The number of aryl methyl sites for hydroxylation is 1. The summed E-state index contributed by atoms with van der Waals surface area (Å²) in [4.78, 5) is 16.8. The minimum absolute atomic E-state index is 0.0788. The van der Waals surface area contributed by atoms with E-state index < -0.39 is 15.3 Å². The van der Waals surface area contributed by atoms with Gasteiger partial charge in [-0.1, -0.05) is 6.07 Å². The zero-order valence-electron chi connectivity index (χ0n) is 17.4. The first-order valence-corrected chi connectivity index (χ1v) is 12.4. The van der Waals surface area contributed by atoms with E-state index in [1.54, 1.807) is 25.2 Å². The molecule has 8 heteroatoms. The normalized spacial score (nSPS) is 11.9. The SMILES string of the molecule is Cc1ccc2nc(-c3ccc(NC(=O)CCCCNS(=O)(=O)C(C)C)cc3)sc2c1. The lowest BCUT2D eigenvalue weighted by Crippen LogP contribution is -2.31. The average molecular weight is 446 g/mol. The van der Waals surface area contributed by atoms with Crippen LogP contribution in [0.5, 0.6) is 0 Å². The third kappa shape index (κ3) is 5.87. The summed E-state index contributed by atoms with van der Waals surface area (Å²) in [6.07, 6.45) is 1.59. The van der Waals surface area contributed by atoms with Crippen molar-refractivity contribution in [2.45, 2.75) is 45.3 Å². The molecule has 0 aliphatic heterocycles. The minimum Gasteiger partial charge on any atom is -0.326 e. The quantitative estimate of drug-likeness (QED) is 0.467. The molecule has 0 atom stereocenters. The molecule has 0 aliphatic rings. The molecule has 1 aromatic heterocycles. The molecular weight excluding hydrogens is 418 g/mol. The van der Waals surface area contributed by atoms with Gasteiger partial charge in [-0.05, 0) is 75.6 Å². The number of fused-ring (bicyclic) bond motifs is 1. The van der Waals surface area contributed by atoms with Crippen molar-refractivity contribution in [1.29, 1.82) is 0 Å². The van der Waals surface area contributed by atoms with E-state index in [-0.39, 0.29) is 5.91 Å². The van der Waals surface area contributed by atoms with Crippen LogP contribution in [0.4, 0.5) is 5.69 Å². The molecule has 0 fully saturated rings. The molecule has 2 N–H and O–H groups in total. The number of benzene rings is 2. The second-order valence-electron chi connectivity index (χ2n) is 7.56. The summed E-state index contributed by atoms with van der Waals surface area (Å²) in [5.74, 6) is -0.0788. The summed E-state index contributed by atoms with van der Waals surface area (Å²) < 4.78 is 27.1. The summed E-state index contributed by atoms with van der Waals surface area (Å²) >= 11 is 1.66. The lowest BCUT2D eigenvalue weighted by molar-refractivity contribution is -0.116. The van der Waals surface area contributed by atoms with Gasteiger partial charge < -0.3 is 5.32 Å². The van der Waals surface area contributed by atoms with Crippen LogP contribution in [-0.2, 0) is 14.8 Å². The van der Waals surface area contributed by atoms with Crippen LogP contribution in [0, 0.1) is 6.92 Å². The van der Waals surface area contributed by atoms with Crippen LogP contribution in [0.1, 0.15) is 38.7 Å². The molecule has 0 aliphatic carbocycles. The fraction of sp³-hybridized carbons (Fsp3) is 0.364. The molecule has 0 radical (unpaired) electrons. The number of anilines is 1. The highest BCUT2D eigenvalue weighted by Crippen LogP contribution is 2.31. The summed E-state index contributed by atoms with van der Waals surface area (Å²) in [7, 11) is -3.24. The Morgan fingerprint density at radius 3 is 2.53 bits per heavy atom. The Bertz CT molecular complexity index is 1120. The van der Waals surface area contributed by atoms with Crippen molar-refractivity contribution in [3.63, 3.8) is 0 Å². The number of amides is 1. The molecule has 0 saturated carbocycles. The van der Waals surface area contributed by atoms with Crippen LogP contribution in [0.3, 0.4) is 0 Å². The van der Waals surface area contributed by atoms with Gasteiger partial charge in [-0.15, -0.1) is 11.3 Å². The molecule has 3 aromatic rings. The molecule has 0 unspecified atom stereocenters. The maximum atomic E-state index is 12.1. The van der Waals surface area contributed by atoms with E-state index in [9.17, 15) is 13.2 Å². The van der Waals surface area contributed by atoms with Gasteiger partial charge >= 0.3 is 0 Å². The predicted molar refractivity (Wildman–Crippen MR) is 124 cm³/mol. The Hall–Kier alpha value is -2.29. The van der Waals surface area contributed by atoms with Gasteiger partial charge in [0.1, 0.15) is 5.01 Å². The number of carbonyl (C=O) groups excluding carboxylic acids is 1. The van der Waals surface area contributed by atoms with Crippen molar-refractivity contribution < 1.29 is 13.2 Å². The van der Waals surface area contributed by atoms with Crippen LogP contribution in [0.25, 0.3) is 20.8 Å². The smallest absolute Gasteiger partial charge is 0.224 e. The molecule has 1 heterocycles. The van der Waals surface area contributed by atoms with Gasteiger partial charge in [-0.25, -0.2) is 18.1 Å². The van der Waals surface area contributed by atoms with Gasteiger partial charge in [0.15, 0.2) is 0 Å². The van der Waals surface area contributed by atoms with Gasteiger partial charge in [0.2, 0.25) is 15.9 Å². The zero-order valence-corrected chi connectivity index (χ0v) is 19.1. The fourth-order valence-corrected chi connectivity index (χ4v) is 4.70. The molecule has 0 saturated heterocycles. The topological polar surface area (TPSA) is 88.2 Å². The van der Waals surface area contributed by atoms with Crippen LogP contribution in [-0.4, -0.2) is 31.1 Å². The van der Waals surface area contributed by atoms with Crippen molar-refractivity contribution in [1.82, 2.24) is 9.71 Å². The van der Waals surface area contributed by atoms with Gasteiger partial charge in [0, 0.05) is 24.2 Å². The first-order valence-electron chi connectivity index (χ1n) is 10.0. The number of nitrogens with zero attached hydrogens (tertiary/aromatic N) is 1. The van der Waals surface area contributed by atoms with Crippen LogP contribution in [0.2, 0.25) is 0 Å². The van der Waals surface area contributed by atoms with Crippen LogP contribution >= 0.6 is 11.3 Å². The number of rotatable bonds is 9. The van der Waals surface area contributed by atoms with Gasteiger partial charge in [-0.3, -0.25) is 4.79 Å². The third-order valence-corrected chi connectivity index (χ3v) is 7.63. The van der Waals surface area contributed by atoms with E-state index in [4.69, 9.17) is 0 Å². The first-order chi connectivity index (χ1) is 14.2. The predicted octanol–water partition coefficient (Wildman–Crippen LogP) is 4.71. The Kier molecular flexibility index (Phi) is 7.23. The fourth-order valence-electron chi connectivity index (χ4n) is 2.87. The highest BCUT2D eigenvalue weighted by molar-refractivity contribution is 7.90.